The molecule has 1 heterocycles. The van der Waals surface area contributed by atoms with Crippen molar-refractivity contribution in [1.82, 2.24) is 15.0 Å². The van der Waals surface area contributed by atoms with Crippen LogP contribution in [0, 0.1) is 17.3 Å². The van der Waals surface area contributed by atoms with E-state index >= 15 is 0 Å². The molecular weight excluding hydrogens is 262 g/mol. The summed E-state index contributed by atoms with van der Waals surface area (Å²) >= 11 is 0. The van der Waals surface area contributed by atoms with Crippen LogP contribution in [0.15, 0.2) is 6.20 Å². The van der Waals surface area contributed by atoms with Crippen molar-refractivity contribution in [2.75, 3.05) is 0 Å². The van der Waals surface area contributed by atoms with Crippen LogP contribution in [-0.2, 0) is 11.3 Å². The predicted molar refractivity (Wildman–Crippen MR) is 87.1 cm³/mol. The average molecular weight is 295 g/mol. The zero-order chi connectivity index (χ0) is 16.2. The molecule has 0 N–H and O–H groups in total. The second-order valence-electron chi connectivity index (χ2n) is 7.59. The minimum atomic E-state index is 0.177. The first-order valence-corrected chi connectivity index (χ1v) is 8.16. The van der Waals surface area contributed by atoms with Gasteiger partial charge in [-0.2, -0.15) is 0 Å². The van der Waals surface area contributed by atoms with Gasteiger partial charge in [0.05, 0.1) is 24.9 Å². The highest BCUT2D eigenvalue weighted by atomic mass is 16.5. The third-order valence-electron chi connectivity index (χ3n) is 4.84. The molecule has 4 heteroatoms. The molecule has 0 amide bonds. The van der Waals surface area contributed by atoms with E-state index in [4.69, 9.17) is 4.74 Å². The van der Waals surface area contributed by atoms with Gasteiger partial charge < -0.3 is 4.74 Å². The van der Waals surface area contributed by atoms with E-state index in [1.54, 1.807) is 0 Å². The van der Waals surface area contributed by atoms with Crippen LogP contribution in [0.25, 0.3) is 0 Å². The summed E-state index contributed by atoms with van der Waals surface area (Å²) < 4.78 is 7.83. The number of nitrogens with zero attached hydrogens (tertiary/aromatic N) is 3. The maximum atomic E-state index is 5.85. The third-order valence-corrected chi connectivity index (χ3v) is 4.84. The van der Waals surface area contributed by atoms with Gasteiger partial charge in [0.25, 0.3) is 0 Å². The number of hydrogen-bond donors (Lipinski definition) is 0. The van der Waals surface area contributed by atoms with Crippen LogP contribution < -0.4 is 0 Å². The molecule has 1 aromatic rings. The van der Waals surface area contributed by atoms with Crippen molar-refractivity contribution >= 4 is 0 Å². The predicted octanol–water partition coefficient (Wildman–Crippen LogP) is 4.47. The summed E-state index contributed by atoms with van der Waals surface area (Å²) in [6.07, 6.45) is 3.36. The minimum absolute atomic E-state index is 0.177. The fourth-order valence-corrected chi connectivity index (χ4v) is 2.35. The Labute approximate surface area is 130 Å². The summed E-state index contributed by atoms with van der Waals surface area (Å²) in [5.74, 6) is 1.24. The molecule has 0 bridgehead atoms. The third kappa shape index (κ3) is 5.10. The quantitative estimate of drug-likeness (QED) is 0.710. The van der Waals surface area contributed by atoms with Gasteiger partial charge in [-0.3, -0.25) is 0 Å². The van der Waals surface area contributed by atoms with E-state index in [1.165, 1.54) is 0 Å². The van der Waals surface area contributed by atoms with Crippen LogP contribution in [0.2, 0.25) is 0 Å². The molecule has 2 unspecified atom stereocenters. The van der Waals surface area contributed by atoms with Crippen LogP contribution in [-0.4, -0.2) is 21.1 Å². The normalized spacial score (nSPS) is 15.7. The molecule has 21 heavy (non-hydrogen) atoms. The topological polar surface area (TPSA) is 39.9 Å². The van der Waals surface area contributed by atoms with E-state index in [1.807, 2.05) is 10.9 Å². The van der Waals surface area contributed by atoms with E-state index in [9.17, 15) is 0 Å². The smallest absolute Gasteiger partial charge is 0.108 e. The van der Waals surface area contributed by atoms with E-state index < -0.39 is 0 Å². The molecule has 2 atom stereocenters. The Bertz CT molecular complexity index is 423. The second-order valence-corrected chi connectivity index (χ2v) is 7.59. The zero-order valence-corrected chi connectivity index (χ0v) is 15.1. The van der Waals surface area contributed by atoms with Gasteiger partial charge in [-0.1, -0.05) is 46.8 Å². The van der Waals surface area contributed by atoms with Crippen molar-refractivity contribution in [3.8, 4) is 0 Å². The van der Waals surface area contributed by atoms with Crippen LogP contribution >= 0.6 is 0 Å². The Hall–Kier alpha value is -0.900. The number of rotatable bonds is 8. The Balaban J connectivity index is 2.61. The van der Waals surface area contributed by atoms with E-state index in [-0.39, 0.29) is 11.5 Å². The van der Waals surface area contributed by atoms with Crippen molar-refractivity contribution in [3.63, 3.8) is 0 Å². The van der Waals surface area contributed by atoms with E-state index in [0.717, 1.165) is 12.1 Å². The maximum absolute atomic E-state index is 5.85. The molecule has 0 aliphatic heterocycles. The Morgan fingerprint density at radius 3 is 2.29 bits per heavy atom. The first-order valence-electron chi connectivity index (χ1n) is 8.16. The SMILES string of the molecule is CC(C)CC(C)OCc1cn(C(C)C(C)(C)C(C)C)nn1. The molecule has 4 nitrogen and oxygen atoms in total. The van der Waals surface area contributed by atoms with Crippen LogP contribution in [0.4, 0.5) is 0 Å². The van der Waals surface area contributed by atoms with E-state index in [2.05, 4.69) is 65.7 Å². The number of aromatic nitrogens is 3. The lowest BCUT2D eigenvalue weighted by molar-refractivity contribution is 0.0378. The van der Waals surface area contributed by atoms with Crippen molar-refractivity contribution < 1.29 is 4.74 Å². The summed E-state index contributed by atoms with van der Waals surface area (Å²) in [7, 11) is 0. The summed E-state index contributed by atoms with van der Waals surface area (Å²) in [5.41, 5.74) is 1.09. The molecule has 0 saturated heterocycles. The van der Waals surface area contributed by atoms with Gasteiger partial charge in [0, 0.05) is 0 Å². The Morgan fingerprint density at radius 2 is 1.76 bits per heavy atom. The zero-order valence-electron chi connectivity index (χ0n) is 15.1. The molecule has 0 radical (unpaired) electrons. The molecule has 0 aromatic carbocycles. The maximum Gasteiger partial charge on any atom is 0.108 e. The van der Waals surface area contributed by atoms with Crippen LogP contribution in [0.1, 0.15) is 73.5 Å². The fourth-order valence-electron chi connectivity index (χ4n) is 2.35. The Kier molecular flexibility index (Phi) is 6.39. The average Bonchev–Trinajstić information content (AvgIpc) is 2.83. The van der Waals surface area contributed by atoms with Gasteiger partial charge in [0.15, 0.2) is 0 Å². The van der Waals surface area contributed by atoms with Gasteiger partial charge in [0.2, 0.25) is 0 Å². The van der Waals surface area contributed by atoms with Gasteiger partial charge in [0.1, 0.15) is 5.69 Å². The number of hydrogen-bond acceptors (Lipinski definition) is 3. The highest BCUT2D eigenvalue weighted by molar-refractivity contribution is 4.93. The second kappa shape index (κ2) is 7.39. The van der Waals surface area contributed by atoms with E-state index in [0.29, 0.717) is 24.5 Å². The van der Waals surface area contributed by atoms with Gasteiger partial charge in [-0.05, 0) is 37.5 Å². The first-order chi connectivity index (χ1) is 9.64. The van der Waals surface area contributed by atoms with Crippen molar-refractivity contribution in [3.05, 3.63) is 11.9 Å². The lowest BCUT2D eigenvalue weighted by Crippen LogP contribution is -2.30. The summed E-state index contributed by atoms with van der Waals surface area (Å²) in [5, 5.41) is 8.54. The molecule has 1 rings (SSSR count). The molecular formula is C17H33N3O. The minimum Gasteiger partial charge on any atom is -0.372 e. The standard InChI is InChI=1S/C17H33N3O/c1-12(2)9-14(5)21-11-16-10-20(19-18-16)15(6)17(7,8)13(3)4/h10,12-15H,9,11H2,1-8H3. The van der Waals surface area contributed by atoms with Crippen molar-refractivity contribution in [2.45, 2.75) is 80.6 Å². The summed E-state index contributed by atoms with van der Waals surface area (Å²) in [6.45, 7) is 18.4. The van der Waals surface area contributed by atoms with Gasteiger partial charge >= 0.3 is 0 Å². The van der Waals surface area contributed by atoms with Gasteiger partial charge in [-0.25, -0.2) is 4.68 Å². The molecule has 122 valence electrons. The highest BCUT2D eigenvalue weighted by Gasteiger charge is 2.31. The highest BCUT2D eigenvalue weighted by Crippen LogP contribution is 2.37. The molecule has 1 aromatic heterocycles. The molecule has 0 aliphatic rings. The lowest BCUT2D eigenvalue weighted by Gasteiger charge is -2.35. The van der Waals surface area contributed by atoms with Gasteiger partial charge in [-0.15, -0.1) is 5.10 Å². The van der Waals surface area contributed by atoms with Crippen molar-refractivity contribution in [1.29, 1.82) is 0 Å². The molecule has 0 fully saturated rings. The van der Waals surface area contributed by atoms with Crippen LogP contribution in [0.3, 0.4) is 0 Å². The number of ether oxygens (including phenoxy) is 1. The summed E-state index contributed by atoms with van der Waals surface area (Å²) in [6, 6.07) is 0.312. The molecule has 0 aliphatic carbocycles. The van der Waals surface area contributed by atoms with Crippen molar-refractivity contribution in [2.24, 2.45) is 17.3 Å². The largest absolute Gasteiger partial charge is 0.372 e. The van der Waals surface area contributed by atoms with Crippen LogP contribution in [0.5, 0.6) is 0 Å². The fraction of sp³-hybridized carbons (Fsp3) is 0.882. The summed E-state index contributed by atoms with van der Waals surface area (Å²) in [4.78, 5) is 0. The first kappa shape index (κ1) is 18.1. The lowest BCUT2D eigenvalue weighted by atomic mass is 9.75. The Morgan fingerprint density at radius 1 is 1.14 bits per heavy atom. The molecule has 0 saturated carbocycles. The monoisotopic (exact) mass is 295 g/mol. The molecule has 0 spiro atoms.